The largest absolute Gasteiger partial charge is 0.323 e. The van der Waals surface area contributed by atoms with Crippen molar-refractivity contribution in [2.24, 2.45) is 0 Å². The fourth-order valence-electron chi connectivity index (χ4n) is 0.882. The fourth-order valence-corrected chi connectivity index (χ4v) is 1.16. The number of aromatic amines is 1. The van der Waals surface area contributed by atoms with Crippen molar-refractivity contribution in [2.75, 3.05) is 0 Å². The topological polar surface area (TPSA) is 61.6 Å². The van der Waals surface area contributed by atoms with E-state index in [0.717, 1.165) is 0 Å². The van der Waals surface area contributed by atoms with Gasteiger partial charge in [0.15, 0.2) is 4.77 Å². The van der Waals surface area contributed by atoms with Crippen LogP contribution in [0.2, 0.25) is 0 Å². The van der Waals surface area contributed by atoms with Crippen molar-refractivity contribution in [3.63, 3.8) is 0 Å². The first kappa shape index (κ1) is 9.42. The van der Waals surface area contributed by atoms with Crippen molar-refractivity contribution in [1.29, 1.82) is 5.26 Å². The van der Waals surface area contributed by atoms with Gasteiger partial charge in [0, 0.05) is 12.6 Å². The van der Waals surface area contributed by atoms with E-state index in [4.69, 9.17) is 17.5 Å². The van der Waals surface area contributed by atoms with Gasteiger partial charge in [-0.3, -0.25) is 9.36 Å². The molecule has 1 aromatic heterocycles. The average Bonchev–Trinajstić information content (AvgIpc) is 2.11. The van der Waals surface area contributed by atoms with Gasteiger partial charge in [-0.15, -0.1) is 6.58 Å². The molecular weight excluding hydrogens is 186 g/mol. The molecule has 1 rings (SSSR count). The summed E-state index contributed by atoms with van der Waals surface area (Å²) in [5.74, 6) is 0. The van der Waals surface area contributed by atoms with Gasteiger partial charge in [-0.1, -0.05) is 6.08 Å². The second-order valence-electron chi connectivity index (χ2n) is 2.34. The van der Waals surface area contributed by atoms with Crippen LogP contribution in [0, 0.1) is 16.1 Å². The molecule has 0 saturated carbocycles. The van der Waals surface area contributed by atoms with Crippen LogP contribution >= 0.6 is 12.2 Å². The van der Waals surface area contributed by atoms with Crippen LogP contribution in [-0.4, -0.2) is 9.55 Å². The summed E-state index contributed by atoms with van der Waals surface area (Å²) in [6, 6.07) is 3.02. The van der Waals surface area contributed by atoms with Crippen LogP contribution in [0.25, 0.3) is 0 Å². The normalized spacial score (nSPS) is 9.15. The minimum Gasteiger partial charge on any atom is -0.323 e. The summed E-state index contributed by atoms with van der Waals surface area (Å²) in [5, 5.41) is 8.51. The lowest BCUT2D eigenvalue weighted by atomic mass is 10.4. The molecule has 1 heterocycles. The van der Waals surface area contributed by atoms with Crippen molar-refractivity contribution < 1.29 is 0 Å². The van der Waals surface area contributed by atoms with Crippen molar-refractivity contribution in [1.82, 2.24) is 9.55 Å². The third kappa shape index (κ3) is 1.92. The van der Waals surface area contributed by atoms with Crippen LogP contribution in [0.5, 0.6) is 0 Å². The molecule has 0 aliphatic carbocycles. The highest BCUT2D eigenvalue weighted by Gasteiger charge is 1.98. The van der Waals surface area contributed by atoms with Crippen molar-refractivity contribution in [2.45, 2.75) is 6.54 Å². The van der Waals surface area contributed by atoms with E-state index >= 15 is 0 Å². The molecule has 0 bridgehead atoms. The highest BCUT2D eigenvalue weighted by molar-refractivity contribution is 7.71. The number of nitriles is 1. The maximum absolute atomic E-state index is 11.3. The Morgan fingerprint density at radius 1 is 1.85 bits per heavy atom. The number of rotatable bonds is 2. The first-order valence-corrected chi connectivity index (χ1v) is 3.95. The summed E-state index contributed by atoms with van der Waals surface area (Å²) in [5.41, 5.74) is -0.115. The Morgan fingerprint density at radius 2 is 2.54 bits per heavy atom. The Hall–Kier alpha value is -1.67. The second-order valence-corrected chi connectivity index (χ2v) is 2.72. The molecule has 0 aliphatic heterocycles. The average molecular weight is 193 g/mol. The molecule has 0 fully saturated rings. The van der Waals surface area contributed by atoms with Gasteiger partial charge < -0.3 is 4.98 Å². The number of nitrogens with one attached hydrogen (secondary N) is 1. The minimum atomic E-state index is -0.291. The summed E-state index contributed by atoms with van der Waals surface area (Å²) in [6.45, 7) is 3.84. The quantitative estimate of drug-likeness (QED) is 0.562. The summed E-state index contributed by atoms with van der Waals surface area (Å²) < 4.78 is 1.56. The monoisotopic (exact) mass is 193 g/mol. The molecule has 0 radical (unpaired) electrons. The van der Waals surface area contributed by atoms with Gasteiger partial charge in [0.05, 0.1) is 0 Å². The van der Waals surface area contributed by atoms with Gasteiger partial charge in [-0.05, 0) is 12.2 Å². The minimum absolute atomic E-state index is 0.176. The van der Waals surface area contributed by atoms with E-state index in [9.17, 15) is 4.79 Å². The molecule has 0 spiro atoms. The van der Waals surface area contributed by atoms with Gasteiger partial charge in [-0.25, -0.2) is 0 Å². The number of aromatic nitrogens is 2. The molecule has 1 N–H and O–H groups in total. The summed E-state index contributed by atoms with van der Waals surface area (Å²) >= 11 is 4.87. The predicted octanol–water partition coefficient (Wildman–Crippen LogP) is 0.964. The number of hydrogen-bond acceptors (Lipinski definition) is 3. The molecule has 4 nitrogen and oxygen atoms in total. The van der Waals surface area contributed by atoms with Crippen LogP contribution in [0.15, 0.2) is 23.5 Å². The molecule has 13 heavy (non-hydrogen) atoms. The van der Waals surface area contributed by atoms with E-state index in [0.29, 0.717) is 6.54 Å². The Bertz CT molecular complexity index is 446. The maximum atomic E-state index is 11.3. The first-order chi connectivity index (χ1) is 6.19. The van der Waals surface area contributed by atoms with Crippen molar-refractivity contribution in [3.05, 3.63) is 39.5 Å². The molecular formula is C8H7N3OS. The Balaban J connectivity index is 3.42. The molecule has 0 amide bonds. The molecule has 5 heteroatoms. The van der Waals surface area contributed by atoms with Crippen molar-refractivity contribution >= 4 is 12.2 Å². The van der Waals surface area contributed by atoms with Gasteiger partial charge in [-0.2, -0.15) is 5.26 Å². The lowest BCUT2D eigenvalue weighted by molar-refractivity contribution is 0.736. The van der Waals surface area contributed by atoms with Gasteiger partial charge in [0.2, 0.25) is 0 Å². The summed E-state index contributed by atoms with van der Waals surface area (Å²) in [6.07, 6.45) is 1.57. The van der Waals surface area contributed by atoms with Crippen LogP contribution in [0.1, 0.15) is 5.69 Å². The SMILES string of the molecule is C=CCn1c(=O)cc(C#N)[nH]c1=S. The van der Waals surface area contributed by atoms with Gasteiger partial charge >= 0.3 is 0 Å². The van der Waals surface area contributed by atoms with E-state index in [1.165, 1.54) is 10.6 Å². The zero-order valence-corrected chi connectivity index (χ0v) is 7.60. The Labute approximate surface area is 79.8 Å². The van der Waals surface area contributed by atoms with Gasteiger partial charge in [0.25, 0.3) is 5.56 Å². The third-order valence-electron chi connectivity index (χ3n) is 1.45. The standard InChI is InChI=1S/C8H7N3OS/c1-2-3-11-7(12)4-6(5-9)10-8(11)13/h2,4H,1,3H2,(H,10,13). The molecule has 0 aromatic carbocycles. The fraction of sp³-hybridized carbons (Fsp3) is 0.125. The van der Waals surface area contributed by atoms with Gasteiger partial charge in [0.1, 0.15) is 11.8 Å². The molecule has 0 aliphatic rings. The predicted molar refractivity (Wildman–Crippen MR) is 50.8 cm³/mol. The number of H-pyrrole nitrogens is 1. The van der Waals surface area contributed by atoms with E-state index in [2.05, 4.69) is 11.6 Å². The highest BCUT2D eigenvalue weighted by atomic mass is 32.1. The van der Waals surface area contributed by atoms with Crippen LogP contribution < -0.4 is 5.56 Å². The molecule has 66 valence electrons. The number of allylic oxidation sites excluding steroid dienone is 1. The van der Waals surface area contributed by atoms with Crippen LogP contribution in [0.3, 0.4) is 0 Å². The third-order valence-corrected chi connectivity index (χ3v) is 1.78. The second kappa shape index (κ2) is 3.83. The van der Waals surface area contributed by atoms with Crippen molar-refractivity contribution in [3.8, 4) is 6.07 Å². The van der Waals surface area contributed by atoms with E-state index < -0.39 is 0 Å². The van der Waals surface area contributed by atoms with Crippen LogP contribution in [-0.2, 0) is 6.54 Å². The number of hydrogen-bond donors (Lipinski definition) is 1. The summed E-state index contributed by atoms with van der Waals surface area (Å²) in [4.78, 5) is 13.9. The molecule has 0 atom stereocenters. The molecule has 0 saturated heterocycles. The first-order valence-electron chi connectivity index (χ1n) is 3.54. The van der Waals surface area contributed by atoms with E-state index in [-0.39, 0.29) is 16.0 Å². The summed E-state index contributed by atoms with van der Waals surface area (Å²) in [7, 11) is 0. The zero-order chi connectivity index (χ0) is 9.84. The number of nitrogens with zero attached hydrogens (tertiary/aromatic N) is 2. The smallest absolute Gasteiger partial charge is 0.255 e. The lowest BCUT2D eigenvalue weighted by Crippen LogP contribution is -2.21. The molecule has 1 aromatic rings. The highest BCUT2D eigenvalue weighted by Crippen LogP contribution is 1.89. The Kier molecular flexibility index (Phi) is 2.77. The van der Waals surface area contributed by atoms with E-state index in [1.807, 2.05) is 6.07 Å². The molecule has 0 unspecified atom stereocenters. The Morgan fingerprint density at radius 3 is 3.00 bits per heavy atom. The van der Waals surface area contributed by atoms with Crippen LogP contribution in [0.4, 0.5) is 0 Å². The van der Waals surface area contributed by atoms with E-state index in [1.54, 1.807) is 6.08 Å². The maximum Gasteiger partial charge on any atom is 0.255 e. The zero-order valence-electron chi connectivity index (χ0n) is 6.78. The lowest BCUT2D eigenvalue weighted by Gasteiger charge is -2.00.